The number of rotatable bonds is 7. The van der Waals surface area contributed by atoms with Gasteiger partial charge in [-0.25, -0.2) is 0 Å². The van der Waals surface area contributed by atoms with E-state index in [2.05, 4.69) is 66.7 Å². The Hall–Kier alpha value is -4.16. The fourth-order valence-corrected chi connectivity index (χ4v) is 4.33. The van der Waals surface area contributed by atoms with Crippen LogP contribution in [-0.2, 0) is 17.9 Å². The zero-order chi connectivity index (χ0) is 30.5. The molecule has 8 nitrogen and oxygen atoms in total. The van der Waals surface area contributed by atoms with Crippen molar-refractivity contribution >= 4 is 50.2 Å². The van der Waals surface area contributed by atoms with Crippen molar-refractivity contribution in [1.29, 1.82) is 5.41 Å². The molecule has 4 aromatic rings. The molecule has 1 aromatic heterocycles. The van der Waals surface area contributed by atoms with Gasteiger partial charge in [-0.05, 0) is 53.6 Å². The van der Waals surface area contributed by atoms with E-state index in [1.165, 1.54) is 5.69 Å². The van der Waals surface area contributed by atoms with E-state index in [1.54, 1.807) is 0 Å². The molecule has 0 fully saturated rings. The molecular weight excluding hydrogens is 603 g/mol. The van der Waals surface area contributed by atoms with Gasteiger partial charge in [0, 0.05) is 34.0 Å². The number of aromatic nitrogens is 1. The molecule has 0 atom stereocenters. The molecule has 0 radical (unpaired) electrons. The van der Waals surface area contributed by atoms with Gasteiger partial charge in [0.25, 0.3) is 5.91 Å². The van der Waals surface area contributed by atoms with Crippen LogP contribution >= 0.6 is 15.9 Å². The lowest BCUT2D eigenvalue weighted by Crippen LogP contribution is -2.37. The summed E-state index contributed by atoms with van der Waals surface area (Å²) in [5.41, 5.74) is 11.1. The zero-order valence-corrected chi connectivity index (χ0v) is 24.1. The number of halogens is 4. The number of nitrogens with two attached hydrogens (primary N) is 1. The lowest BCUT2D eigenvalue weighted by atomic mass is 10.1. The standard InChI is InChI=1S/C27H28BrN5O.C2HF3O2/c1-33(2,3)23-10-7-18(8-11-23)16-31-27(34)25-15-21-14-22(28)9-12-24(21)32(25)17-19-5-4-6-20(13-19)26(29)30;3-2(4,5)1(6)7/h4-15H,16-17H2,1-3H3,(H3-,29,30,31,34);(H,6,7). The first kappa shape index (κ1) is 31.4. The number of fused-ring (bicyclic) bond motifs is 1. The maximum atomic E-state index is 13.3. The number of nitrogens with zero attached hydrogens (tertiary/aromatic N) is 2. The maximum Gasteiger partial charge on any atom is 0.430 e. The highest BCUT2D eigenvalue weighted by molar-refractivity contribution is 9.10. The number of quaternary nitrogens is 1. The summed E-state index contributed by atoms with van der Waals surface area (Å²) in [6.07, 6.45) is -5.19. The second kappa shape index (κ2) is 12.6. The largest absolute Gasteiger partial charge is 0.542 e. The van der Waals surface area contributed by atoms with Crippen molar-refractivity contribution in [3.63, 3.8) is 0 Å². The summed E-state index contributed by atoms with van der Waals surface area (Å²) in [6.45, 7) is 0.939. The molecule has 0 bridgehead atoms. The molecular formula is C29H29BrF3N5O3. The molecule has 0 unspecified atom stereocenters. The van der Waals surface area contributed by atoms with Crippen LogP contribution in [0.25, 0.3) is 10.9 Å². The third-order valence-corrected chi connectivity index (χ3v) is 6.56. The molecule has 0 spiro atoms. The van der Waals surface area contributed by atoms with Gasteiger partial charge in [0.15, 0.2) is 0 Å². The summed E-state index contributed by atoms with van der Waals surface area (Å²) in [4.78, 5) is 22.1. The second-order valence-corrected chi connectivity index (χ2v) is 11.0. The number of nitrogen functional groups attached to an aromatic ring is 1. The van der Waals surface area contributed by atoms with E-state index in [0.29, 0.717) is 24.3 Å². The number of carbonyl (C=O) groups is 2. The highest BCUT2D eigenvalue weighted by atomic mass is 79.9. The summed E-state index contributed by atoms with van der Waals surface area (Å²) in [5.74, 6) is -3.12. The number of carboxylic acid groups (broad SMARTS) is 1. The third kappa shape index (κ3) is 8.41. The van der Waals surface area contributed by atoms with Crippen LogP contribution in [0.1, 0.15) is 27.2 Å². The molecule has 216 valence electrons. The van der Waals surface area contributed by atoms with Crippen molar-refractivity contribution in [3.8, 4) is 0 Å². The number of carboxylic acids is 1. The Bertz CT molecular complexity index is 1580. The van der Waals surface area contributed by atoms with Crippen LogP contribution in [-0.4, -0.2) is 49.6 Å². The van der Waals surface area contributed by atoms with Gasteiger partial charge in [0.1, 0.15) is 23.2 Å². The van der Waals surface area contributed by atoms with E-state index in [1.807, 2.05) is 53.1 Å². The quantitative estimate of drug-likeness (QED) is 0.161. The summed E-state index contributed by atoms with van der Waals surface area (Å²) >= 11 is 3.53. The normalized spacial score (nSPS) is 11.5. The molecule has 0 aliphatic carbocycles. The molecule has 3 aromatic carbocycles. The van der Waals surface area contributed by atoms with E-state index >= 15 is 0 Å². The number of hydrogen-bond donors (Lipinski definition) is 3. The van der Waals surface area contributed by atoms with E-state index in [0.717, 1.165) is 31.0 Å². The summed E-state index contributed by atoms with van der Waals surface area (Å²) < 4.78 is 35.3. The van der Waals surface area contributed by atoms with Crippen molar-refractivity contribution in [1.82, 2.24) is 14.4 Å². The van der Waals surface area contributed by atoms with Gasteiger partial charge in [-0.2, -0.15) is 13.2 Å². The number of carbonyl (C=O) groups excluding carboxylic acids is 2. The molecule has 1 heterocycles. The third-order valence-electron chi connectivity index (χ3n) is 6.07. The monoisotopic (exact) mass is 631 g/mol. The first-order valence-electron chi connectivity index (χ1n) is 12.3. The topological polar surface area (TPSA) is 124 Å². The van der Waals surface area contributed by atoms with Crippen LogP contribution in [0.5, 0.6) is 0 Å². The van der Waals surface area contributed by atoms with E-state index in [4.69, 9.17) is 21.0 Å². The molecule has 41 heavy (non-hydrogen) atoms. The summed E-state index contributed by atoms with van der Waals surface area (Å²) in [5, 5.41) is 20.6. The predicted molar refractivity (Wildman–Crippen MR) is 154 cm³/mol. The number of aliphatic carboxylic acids is 1. The molecule has 0 saturated heterocycles. The minimum absolute atomic E-state index is 0.0254. The molecule has 12 heteroatoms. The minimum atomic E-state index is -5.19. The van der Waals surface area contributed by atoms with E-state index in [9.17, 15) is 18.0 Å². The number of amidine groups is 1. The van der Waals surface area contributed by atoms with Crippen molar-refractivity contribution in [2.75, 3.05) is 21.1 Å². The Kier molecular flexibility index (Phi) is 9.61. The molecule has 4 rings (SSSR count). The number of hydrogen-bond acceptors (Lipinski definition) is 4. The van der Waals surface area contributed by atoms with Gasteiger partial charge in [-0.1, -0.05) is 46.3 Å². The smallest absolute Gasteiger partial charge is 0.430 e. The SMILES string of the molecule is C[N+](C)(C)c1ccc(CNC(=O)c2cc3cc(Br)ccc3n2Cc2cccc(C(=N)N)c2)cc1.O=C([O-])C(F)(F)F. The lowest BCUT2D eigenvalue weighted by Gasteiger charge is -2.23. The predicted octanol–water partition coefficient (Wildman–Crippen LogP) is 4.16. The number of alkyl halides is 3. The number of amides is 1. The lowest BCUT2D eigenvalue weighted by molar-refractivity contribution is -0.344. The first-order chi connectivity index (χ1) is 19.1. The number of benzene rings is 3. The second-order valence-electron chi connectivity index (χ2n) is 10.1. The van der Waals surface area contributed by atoms with Gasteiger partial charge in [0.2, 0.25) is 0 Å². The molecule has 0 saturated carbocycles. The zero-order valence-electron chi connectivity index (χ0n) is 22.6. The van der Waals surface area contributed by atoms with Crippen LogP contribution in [0.4, 0.5) is 18.9 Å². The molecule has 1 amide bonds. The Labute approximate surface area is 243 Å². The van der Waals surface area contributed by atoms with Gasteiger partial charge in [-0.15, -0.1) is 0 Å². The Morgan fingerprint density at radius 1 is 1.00 bits per heavy atom. The highest BCUT2D eigenvalue weighted by Crippen LogP contribution is 2.25. The maximum absolute atomic E-state index is 13.3. The van der Waals surface area contributed by atoms with Crippen molar-refractivity contribution in [3.05, 3.63) is 99.7 Å². The van der Waals surface area contributed by atoms with Crippen LogP contribution in [0.3, 0.4) is 0 Å². The summed E-state index contributed by atoms with van der Waals surface area (Å²) in [7, 11) is 6.38. The van der Waals surface area contributed by atoms with Gasteiger partial charge < -0.3 is 25.5 Å². The molecule has 0 aliphatic heterocycles. The Morgan fingerprint density at radius 3 is 2.20 bits per heavy atom. The minimum Gasteiger partial charge on any atom is -0.542 e. The van der Waals surface area contributed by atoms with E-state index < -0.39 is 12.1 Å². The van der Waals surface area contributed by atoms with E-state index in [-0.39, 0.29) is 11.7 Å². The fourth-order valence-electron chi connectivity index (χ4n) is 3.95. The van der Waals surface area contributed by atoms with Gasteiger partial charge in [0.05, 0.1) is 21.1 Å². The first-order valence-corrected chi connectivity index (χ1v) is 13.0. The molecule has 4 N–H and O–H groups in total. The van der Waals surface area contributed by atoms with Gasteiger partial charge >= 0.3 is 6.18 Å². The van der Waals surface area contributed by atoms with Gasteiger partial charge in [-0.3, -0.25) is 14.7 Å². The average Bonchev–Trinajstić information content (AvgIpc) is 3.24. The summed E-state index contributed by atoms with van der Waals surface area (Å²) in [6, 6.07) is 23.8. The van der Waals surface area contributed by atoms with Crippen LogP contribution in [0.2, 0.25) is 0 Å². The highest BCUT2D eigenvalue weighted by Gasteiger charge is 2.28. The van der Waals surface area contributed by atoms with Crippen molar-refractivity contribution in [2.45, 2.75) is 19.3 Å². The van der Waals surface area contributed by atoms with Crippen LogP contribution < -0.4 is 20.6 Å². The van der Waals surface area contributed by atoms with Crippen molar-refractivity contribution in [2.24, 2.45) is 5.73 Å². The van der Waals surface area contributed by atoms with Crippen molar-refractivity contribution < 1.29 is 27.9 Å². The van der Waals surface area contributed by atoms with Crippen LogP contribution in [0, 0.1) is 5.41 Å². The number of nitrogens with one attached hydrogen (secondary N) is 2. The Balaban J connectivity index is 0.000000587. The molecule has 0 aliphatic rings. The Morgan fingerprint density at radius 2 is 1.63 bits per heavy atom. The average molecular weight is 632 g/mol. The fraction of sp³-hybridized carbons (Fsp3) is 0.207. The van der Waals surface area contributed by atoms with Crippen LogP contribution in [0.15, 0.2) is 77.3 Å².